The summed E-state index contributed by atoms with van der Waals surface area (Å²) >= 11 is 1.41. The lowest BCUT2D eigenvalue weighted by atomic mass is 10.4. The van der Waals surface area contributed by atoms with Crippen LogP contribution in [0.5, 0.6) is 0 Å². The monoisotopic (exact) mass is 289 g/mol. The van der Waals surface area contributed by atoms with Crippen molar-refractivity contribution in [2.45, 2.75) is 12.7 Å². The van der Waals surface area contributed by atoms with Crippen LogP contribution in [-0.4, -0.2) is 22.0 Å². The standard InChI is InChI=1S/C10H10F3N5S/c1-14-9-17-6(5-19-9)4-16-8-15-3-2-7(18-8)10(11,12)13/h2-3,5H,4H2,1H3,(H,14,17)(H,15,16,18). The lowest BCUT2D eigenvalue weighted by Gasteiger charge is -2.07. The Bertz CT molecular complexity index is 554. The van der Waals surface area contributed by atoms with Gasteiger partial charge in [-0.15, -0.1) is 11.3 Å². The van der Waals surface area contributed by atoms with Crippen LogP contribution in [0.4, 0.5) is 24.3 Å². The minimum atomic E-state index is -4.47. The molecule has 0 atom stereocenters. The zero-order chi connectivity index (χ0) is 13.9. The van der Waals surface area contributed by atoms with E-state index in [0.29, 0.717) is 5.69 Å². The highest BCUT2D eigenvalue weighted by Gasteiger charge is 2.32. The third-order valence-electron chi connectivity index (χ3n) is 2.14. The van der Waals surface area contributed by atoms with E-state index in [2.05, 4.69) is 25.6 Å². The number of hydrogen-bond acceptors (Lipinski definition) is 6. The average Bonchev–Trinajstić information content (AvgIpc) is 2.84. The summed E-state index contributed by atoms with van der Waals surface area (Å²) < 4.78 is 37.3. The van der Waals surface area contributed by atoms with Gasteiger partial charge >= 0.3 is 6.18 Å². The Morgan fingerprint density at radius 1 is 1.32 bits per heavy atom. The summed E-state index contributed by atoms with van der Waals surface area (Å²) in [5.74, 6) is -0.0752. The lowest BCUT2D eigenvalue weighted by molar-refractivity contribution is -0.141. The number of alkyl halides is 3. The molecule has 0 fully saturated rings. The molecule has 0 saturated heterocycles. The summed E-state index contributed by atoms with van der Waals surface area (Å²) in [6, 6.07) is 0.827. The second kappa shape index (κ2) is 5.39. The normalized spacial score (nSPS) is 11.4. The van der Waals surface area contributed by atoms with E-state index in [0.717, 1.165) is 17.4 Å². The van der Waals surface area contributed by atoms with Crippen molar-refractivity contribution < 1.29 is 13.2 Å². The van der Waals surface area contributed by atoms with Crippen LogP contribution in [0.15, 0.2) is 17.6 Å². The quantitative estimate of drug-likeness (QED) is 0.906. The molecule has 2 heterocycles. The van der Waals surface area contributed by atoms with E-state index in [9.17, 15) is 13.2 Å². The Kier molecular flexibility index (Phi) is 3.84. The average molecular weight is 289 g/mol. The van der Waals surface area contributed by atoms with E-state index in [1.807, 2.05) is 0 Å². The van der Waals surface area contributed by atoms with Gasteiger partial charge in [-0.3, -0.25) is 0 Å². The van der Waals surface area contributed by atoms with Gasteiger partial charge in [-0.1, -0.05) is 0 Å². The van der Waals surface area contributed by atoms with Crippen LogP contribution >= 0.6 is 11.3 Å². The van der Waals surface area contributed by atoms with Crippen molar-refractivity contribution in [3.63, 3.8) is 0 Å². The fraction of sp³-hybridized carbons (Fsp3) is 0.300. The van der Waals surface area contributed by atoms with Crippen molar-refractivity contribution in [1.82, 2.24) is 15.0 Å². The largest absolute Gasteiger partial charge is 0.433 e. The molecule has 0 radical (unpaired) electrons. The van der Waals surface area contributed by atoms with E-state index < -0.39 is 11.9 Å². The van der Waals surface area contributed by atoms with Crippen LogP contribution < -0.4 is 10.6 Å². The molecule has 0 amide bonds. The van der Waals surface area contributed by atoms with Gasteiger partial charge < -0.3 is 10.6 Å². The number of nitrogens with zero attached hydrogens (tertiary/aromatic N) is 3. The van der Waals surface area contributed by atoms with Gasteiger partial charge in [0.1, 0.15) is 5.69 Å². The van der Waals surface area contributed by atoms with Crippen molar-refractivity contribution in [3.8, 4) is 0 Å². The van der Waals surface area contributed by atoms with Crippen molar-refractivity contribution in [3.05, 3.63) is 29.0 Å². The first-order valence-electron chi connectivity index (χ1n) is 5.25. The highest BCUT2D eigenvalue weighted by Crippen LogP contribution is 2.27. The SMILES string of the molecule is CNc1nc(CNc2nccc(C(F)(F)F)n2)cs1. The van der Waals surface area contributed by atoms with Crippen molar-refractivity contribution >= 4 is 22.4 Å². The molecule has 2 aromatic rings. The number of anilines is 2. The molecule has 0 aliphatic carbocycles. The molecule has 0 saturated carbocycles. The number of rotatable bonds is 4. The van der Waals surface area contributed by atoms with Crippen LogP contribution in [0, 0.1) is 0 Å². The van der Waals surface area contributed by atoms with E-state index in [-0.39, 0.29) is 12.5 Å². The summed E-state index contributed by atoms with van der Waals surface area (Å²) in [4.78, 5) is 11.3. The molecule has 0 spiro atoms. The lowest BCUT2D eigenvalue weighted by Crippen LogP contribution is -2.11. The number of aromatic nitrogens is 3. The molecule has 0 aliphatic rings. The highest BCUT2D eigenvalue weighted by atomic mass is 32.1. The smallest absolute Gasteiger partial charge is 0.365 e. The molecule has 0 unspecified atom stereocenters. The highest BCUT2D eigenvalue weighted by molar-refractivity contribution is 7.13. The summed E-state index contributed by atoms with van der Waals surface area (Å²) in [5, 5.41) is 8.11. The van der Waals surface area contributed by atoms with Crippen molar-refractivity contribution in [1.29, 1.82) is 0 Å². The van der Waals surface area contributed by atoms with Gasteiger partial charge in [0.2, 0.25) is 5.95 Å². The molecule has 9 heteroatoms. The summed E-state index contributed by atoms with van der Waals surface area (Å²) in [6.07, 6.45) is -3.41. The second-order valence-corrected chi connectivity index (χ2v) is 4.37. The topological polar surface area (TPSA) is 62.7 Å². The Morgan fingerprint density at radius 3 is 2.74 bits per heavy atom. The molecule has 2 aromatic heterocycles. The van der Waals surface area contributed by atoms with Gasteiger partial charge in [0.15, 0.2) is 5.13 Å². The van der Waals surface area contributed by atoms with Crippen LogP contribution in [-0.2, 0) is 12.7 Å². The molecule has 0 aromatic carbocycles. The summed E-state index contributed by atoms with van der Waals surface area (Å²) in [7, 11) is 1.74. The maximum absolute atomic E-state index is 12.4. The molecule has 2 rings (SSSR count). The molecule has 5 nitrogen and oxygen atoms in total. The Hall–Kier alpha value is -1.90. The zero-order valence-corrected chi connectivity index (χ0v) is 10.6. The predicted octanol–water partition coefficient (Wildman–Crippen LogP) is 2.61. The van der Waals surface area contributed by atoms with Gasteiger partial charge in [-0.05, 0) is 6.07 Å². The van der Waals surface area contributed by atoms with E-state index >= 15 is 0 Å². The van der Waals surface area contributed by atoms with Gasteiger partial charge in [0.25, 0.3) is 0 Å². The first-order chi connectivity index (χ1) is 8.99. The van der Waals surface area contributed by atoms with E-state index in [1.165, 1.54) is 11.3 Å². The van der Waals surface area contributed by atoms with Crippen LogP contribution in [0.1, 0.15) is 11.4 Å². The number of nitrogens with one attached hydrogen (secondary N) is 2. The first kappa shape index (κ1) is 13.5. The van der Waals surface area contributed by atoms with Gasteiger partial charge in [0, 0.05) is 18.6 Å². The Labute approximate surface area is 110 Å². The van der Waals surface area contributed by atoms with Gasteiger partial charge in [0.05, 0.1) is 12.2 Å². The molecule has 0 aliphatic heterocycles. The summed E-state index contributed by atoms with van der Waals surface area (Å²) in [5.41, 5.74) is -0.269. The third-order valence-corrected chi connectivity index (χ3v) is 3.05. The van der Waals surface area contributed by atoms with Crippen molar-refractivity contribution in [2.75, 3.05) is 17.7 Å². The second-order valence-electron chi connectivity index (χ2n) is 3.51. The number of thiazole rings is 1. The molecule has 19 heavy (non-hydrogen) atoms. The van der Waals surface area contributed by atoms with Crippen LogP contribution in [0.25, 0.3) is 0 Å². The minimum absolute atomic E-state index is 0.0752. The molecule has 102 valence electrons. The zero-order valence-electron chi connectivity index (χ0n) is 9.82. The maximum Gasteiger partial charge on any atom is 0.433 e. The van der Waals surface area contributed by atoms with Crippen LogP contribution in [0.3, 0.4) is 0 Å². The van der Waals surface area contributed by atoms with E-state index in [4.69, 9.17) is 0 Å². The number of hydrogen-bond donors (Lipinski definition) is 2. The fourth-order valence-corrected chi connectivity index (χ4v) is 1.95. The number of halogens is 3. The van der Waals surface area contributed by atoms with E-state index in [1.54, 1.807) is 12.4 Å². The third kappa shape index (κ3) is 3.53. The molecule has 0 bridgehead atoms. The van der Waals surface area contributed by atoms with Gasteiger partial charge in [-0.25, -0.2) is 15.0 Å². The van der Waals surface area contributed by atoms with Crippen LogP contribution in [0.2, 0.25) is 0 Å². The Morgan fingerprint density at radius 2 is 2.11 bits per heavy atom. The maximum atomic E-state index is 12.4. The first-order valence-corrected chi connectivity index (χ1v) is 6.13. The van der Waals surface area contributed by atoms with Gasteiger partial charge in [-0.2, -0.15) is 13.2 Å². The summed E-state index contributed by atoms with van der Waals surface area (Å²) in [6.45, 7) is 0.263. The molecular weight excluding hydrogens is 279 g/mol. The predicted molar refractivity (Wildman–Crippen MR) is 66.0 cm³/mol. The molecule has 2 N–H and O–H groups in total. The Balaban J connectivity index is 2.03. The minimum Gasteiger partial charge on any atom is -0.365 e. The van der Waals surface area contributed by atoms with Crippen molar-refractivity contribution in [2.24, 2.45) is 0 Å². The molecular formula is C10H10F3N5S. The fourth-order valence-electron chi connectivity index (χ4n) is 1.27.